The van der Waals surface area contributed by atoms with Gasteiger partial charge in [0.2, 0.25) is 8.41 Å². The number of nitrogens with zero attached hydrogens (tertiary/aromatic N) is 8. The van der Waals surface area contributed by atoms with Crippen molar-refractivity contribution in [1.82, 2.24) is 34.6 Å². The van der Waals surface area contributed by atoms with Crippen LogP contribution in [0, 0.1) is 5.92 Å². The summed E-state index contributed by atoms with van der Waals surface area (Å²) in [4.78, 5) is 44.3. The molecule has 1 amide bonds. The number of fused-ring (bicyclic) bond motifs is 4. The van der Waals surface area contributed by atoms with Crippen molar-refractivity contribution in [3.05, 3.63) is 147 Å². The van der Waals surface area contributed by atoms with Crippen LogP contribution in [0.2, 0.25) is 18.6 Å². The quantitative estimate of drug-likeness (QED) is 0.137. The number of aliphatic hydroxyl groups is 1. The normalized spacial score (nSPS) is 20.5. The lowest BCUT2D eigenvalue weighted by atomic mass is 9.82. The van der Waals surface area contributed by atoms with Crippen LogP contribution in [0.4, 0.5) is 9.80 Å². The fourth-order valence-corrected chi connectivity index (χ4v) is 11.6. The number of hydrogen-bond donors (Lipinski definition) is 1. The molecule has 0 bridgehead atoms. The molecule has 1 fully saturated rings. The van der Waals surface area contributed by atoms with Gasteiger partial charge in [0, 0.05) is 53.6 Å². The van der Waals surface area contributed by atoms with Gasteiger partial charge in [0.1, 0.15) is 0 Å². The Kier molecular flexibility index (Phi) is 9.25. The lowest BCUT2D eigenvalue weighted by molar-refractivity contribution is -0.146. The Labute approximate surface area is 333 Å². The molecular formula is C43H41FN8O5Si. The number of aliphatic hydroxyl groups excluding tert-OH is 1. The predicted octanol–water partition coefficient (Wildman–Crippen LogP) is 5.62. The molecular weight excluding hydrogens is 756 g/mol. The van der Waals surface area contributed by atoms with Crippen LogP contribution in [0.5, 0.6) is 0 Å². The molecule has 4 aromatic carbocycles. The first-order chi connectivity index (χ1) is 28.0. The summed E-state index contributed by atoms with van der Waals surface area (Å²) in [7, 11) is -3.50. The minimum absolute atomic E-state index is 0.0574. The number of aryl methyl sites for hydroxylation is 1. The van der Waals surface area contributed by atoms with Crippen LogP contribution in [0.1, 0.15) is 30.2 Å². The largest absolute Gasteiger partial charge is 0.396 e. The zero-order valence-corrected chi connectivity index (χ0v) is 33.2. The molecule has 3 aromatic heterocycles. The SMILES string of the molecule is C[C@@H]1[C@@H]([Si](C)(C)F)[C@H](CCn2cc(CCO)nn2)O[C@@]12C(=O)N(Cc1cccc(-n3ncc4ccccc4c3=O)c1)c1ccc(-n3ncc4ccccc4c3=O)cc12. The van der Waals surface area contributed by atoms with E-state index in [1.165, 1.54) is 9.36 Å². The summed E-state index contributed by atoms with van der Waals surface area (Å²) in [5, 5.41) is 29.1. The van der Waals surface area contributed by atoms with Crippen molar-refractivity contribution in [3.8, 4) is 11.4 Å². The van der Waals surface area contributed by atoms with Gasteiger partial charge in [-0.1, -0.05) is 60.7 Å². The highest BCUT2D eigenvalue weighted by Crippen LogP contribution is 2.60. The minimum atomic E-state index is -3.50. The van der Waals surface area contributed by atoms with Crippen molar-refractivity contribution in [2.45, 2.75) is 63.2 Å². The third-order valence-electron chi connectivity index (χ3n) is 11.7. The van der Waals surface area contributed by atoms with Crippen molar-refractivity contribution >= 4 is 41.5 Å². The van der Waals surface area contributed by atoms with Gasteiger partial charge in [-0.15, -0.1) is 5.10 Å². The average molecular weight is 797 g/mol. The van der Waals surface area contributed by atoms with E-state index in [0.717, 1.165) is 10.9 Å². The van der Waals surface area contributed by atoms with E-state index < -0.39 is 31.6 Å². The number of amides is 1. The number of benzene rings is 4. The van der Waals surface area contributed by atoms with Gasteiger partial charge < -0.3 is 18.9 Å². The van der Waals surface area contributed by atoms with Crippen LogP contribution < -0.4 is 16.0 Å². The first kappa shape index (κ1) is 37.4. The zero-order valence-electron chi connectivity index (χ0n) is 32.2. The van der Waals surface area contributed by atoms with Crippen molar-refractivity contribution < 1.29 is 18.7 Å². The lowest BCUT2D eigenvalue weighted by Gasteiger charge is -2.31. The van der Waals surface area contributed by atoms with Gasteiger partial charge in [-0.2, -0.15) is 19.6 Å². The number of anilines is 1. The number of carbonyl (C=O) groups excluding carboxylic acids is 1. The molecule has 294 valence electrons. The van der Waals surface area contributed by atoms with Crippen LogP contribution in [0.15, 0.2) is 119 Å². The molecule has 9 rings (SSSR count). The van der Waals surface area contributed by atoms with Gasteiger partial charge in [-0.3, -0.25) is 19.1 Å². The second-order valence-electron chi connectivity index (χ2n) is 15.7. The van der Waals surface area contributed by atoms with Crippen LogP contribution in [0.3, 0.4) is 0 Å². The number of ether oxygens (including phenoxy) is 1. The summed E-state index contributed by atoms with van der Waals surface area (Å²) in [6.07, 6.45) is 5.12. The summed E-state index contributed by atoms with van der Waals surface area (Å²) >= 11 is 0. The molecule has 1 spiro atoms. The van der Waals surface area contributed by atoms with Crippen molar-refractivity contribution in [1.29, 1.82) is 0 Å². The van der Waals surface area contributed by atoms with Gasteiger partial charge >= 0.3 is 0 Å². The number of carbonyl (C=O) groups is 1. The van der Waals surface area contributed by atoms with Crippen LogP contribution in [-0.2, 0) is 34.6 Å². The molecule has 1 N–H and O–H groups in total. The van der Waals surface area contributed by atoms with E-state index in [4.69, 9.17) is 4.74 Å². The van der Waals surface area contributed by atoms with Crippen molar-refractivity contribution in [3.63, 3.8) is 0 Å². The molecule has 58 heavy (non-hydrogen) atoms. The molecule has 0 radical (unpaired) electrons. The first-order valence-electron chi connectivity index (χ1n) is 19.3. The minimum Gasteiger partial charge on any atom is -0.396 e. The maximum Gasteiger partial charge on any atom is 0.279 e. The number of hydrogen-bond acceptors (Lipinski definition) is 9. The zero-order chi connectivity index (χ0) is 40.3. The molecule has 0 unspecified atom stereocenters. The standard InChI is InChI=1S/C43H41FN8O5Si/c1-27-39(58(2,3)44)38(17-19-49-26-31(18-20-53)47-48-49)57-43(27)36-22-33(52-41(55)35-14-7-5-11-30(35)24-46-52)15-16-37(36)50(42(43)56)25-28-9-8-12-32(21-28)51-40(54)34-13-6-4-10-29(34)23-45-51/h4-16,21-24,26-27,38-39,53H,17-20,25H2,1-3H3/t27-,38+,39-,43+/m1/s1. The smallest absolute Gasteiger partial charge is 0.279 e. The van der Waals surface area contributed by atoms with Crippen LogP contribution >= 0.6 is 0 Å². The maximum atomic E-state index is 16.7. The summed E-state index contributed by atoms with van der Waals surface area (Å²) in [5.74, 6) is -0.932. The fourth-order valence-electron chi connectivity index (χ4n) is 9.05. The Morgan fingerprint density at radius 1 is 0.845 bits per heavy atom. The molecule has 1 saturated heterocycles. The van der Waals surface area contributed by atoms with E-state index in [1.807, 2.05) is 55.5 Å². The van der Waals surface area contributed by atoms with E-state index in [9.17, 15) is 14.7 Å². The summed E-state index contributed by atoms with van der Waals surface area (Å²) in [6, 6.07) is 27.2. The Morgan fingerprint density at radius 2 is 1.50 bits per heavy atom. The first-order valence-corrected chi connectivity index (χ1v) is 22.3. The van der Waals surface area contributed by atoms with Gasteiger partial charge in [0.25, 0.3) is 17.0 Å². The van der Waals surface area contributed by atoms with E-state index in [-0.39, 0.29) is 30.2 Å². The van der Waals surface area contributed by atoms with Crippen LogP contribution in [-0.4, -0.2) is 66.7 Å². The average Bonchev–Trinajstić information content (AvgIpc) is 3.87. The summed E-state index contributed by atoms with van der Waals surface area (Å²) < 4.78 is 28.0. The molecule has 13 nitrogen and oxygen atoms in total. The molecule has 2 aliphatic rings. The van der Waals surface area contributed by atoms with Gasteiger partial charge in [0.15, 0.2) is 5.60 Å². The summed E-state index contributed by atoms with van der Waals surface area (Å²) in [5.41, 5.74) is 0.716. The fraction of sp³-hybridized carbons (Fsp3) is 0.279. The van der Waals surface area contributed by atoms with Crippen molar-refractivity contribution in [2.24, 2.45) is 5.92 Å². The Hall–Kier alpha value is -6.16. The number of rotatable bonds is 10. The van der Waals surface area contributed by atoms with E-state index >= 15 is 8.90 Å². The Bertz CT molecular complexity index is 2850. The third-order valence-corrected chi connectivity index (χ3v) is 14.1. The maximum absolute atomic E-state index is 16.7. The van der Waals surface area contributed by atoms with Gasteiger partial charge in [-0.25, -0.2) is 0 Å². The van der Waals surface area contributed by atoms with Crippen LogP contribution in [0.25, 0.3) is 32.9 Å². The highest BCUT2D eigenvalue weighted by molar-refractivity contribution is 6.72. The molecule has 2 aliphatic heterocycles. The molecule has 7 aromatic rings. The number of aromatic nitrogens is 7. The lowest BCUT2D eigenvalue weighted by Crippen LogP contribution is -2.45. The third kappa shape index (κ3) is 6.17. The second-order valence-corrected chi connectivity index (χ2v) is 19.5. The molecule has 5 heterocycles. The Morgan fingerprint density at radius 3 is 2.16 bits per heavy atom. The summed E-state index contributed by atoms with van der Waals surface area (Å²) in [6.45, 7) is 5.62. The Balaban J connectivity index is 1.14. The van der Waals surface area contributed by atoms with E-state index in [0.29, 0.717) is 63.9 Å². The van der Waals surface area contributed by atoms with E-state index in [1.54, 1.807) is 83.7 Å². The molecule has 0 aliphatic carbocycles. The highest BCUT2D eigenvalue weighted by Gasteiger charge is 2.66. The van der Waals surface area contributed by atoms with E-state index in [2.05, 4.69) is 20.5 Å². The molecule has 0 saturated carbocycles. The monoisotopic (exact) mass is 796 g/mol. The van der Waals surface area contributed by atoms with Gasteiger partial charge in [-0.05, 0) is 67.5 Å². The molecule has 4 atom stereocenters. The second kappa shape index (κ2) is 14.3. The highest BCUT2D eigenvalue weighted by atomic mass is 28.4. The van der Waals surface area contributed by atoms with Crippen molar-refractivity contribution in [2.75, 3.05) is 11.5 Å². The predicted molar refractivity (Wildman–Crippen MR) is 219 cm³/mol. The van der Waals surface area contributed by atoms with Gasteiger partial charge in [0.05, 0.1) is 58.6 Å². The topological polar surface area (TPSA) is 150 Å². The molecule has 15 heteroatoms. The number of halogens is 1.